The van der Waals surface area contributed by atoms with E-state index in [1.807, 2.05) is 13.8 Å². The number of rotatable bonds is 2. The van der Waals surface area contributed by atoms with Gasteiger partial charge in [0.15, 0.2) is 5.82 Å². The number of ether oxygens (including phenoxy) is 1. The van der Waals surface area contributed by atoms with Crippen LogP contribution in [-0.4, -0.2) is 50.7 Å². The molecule has 1 fully saturated rings. The molecule has 3 heterocycles. The van der Waals surface area contributed by atoms with Crippen LogP contribution in [-0.2, 0) is 4.74 Å². The van der Waals surface area contributed by atoms with Gasteiger partial charge in [0.05, 0.1) is 24.4 Å². The maximum absolute atomic E-state index is 12.5. The fourth-order valence-electron chi connectivity index (χ4n) is 2.14. The van der Waals surface area contributed by atoms with E-state index in [0.29, 0.717) is 30.4 Å². The van der Waals surface area contributed by atoms with Crippen molar-refractivity contribution in [1.29, 1.82) is 0 Å². The highest BCUT2D eigenvalue weighted by molar-refractivity contribution is 7.11. The Morgan fingerprint density at radius 1 is 1.55 bits per heavy atom. The Kier molecular flexibility index (Phi) is 3.49. The maximum atomic E-state index is 12.5. The van der Waals surface area contributed by atoms with E-state index < -0.39 is 0 Å². The largest absolute Gasteiger partial charge is 0.366 e. The number of hydrogen-bond donors (Lipinski definition) is 1. The second-order valence-electron chi connectivity index (χ2n) is 4.66. The van der Waals surface area contributed by atoms with Gasteiger partial charge in [-0.25, -0.2) is 9.97 Å². The molecule has 7 nitrogen and oxygen atoms in total. The third kappa shape index (κ3) is 2.44. The Balaban J connectivity index is 1.75. The summed E-state index contributed by atoms with van der Waals surface area (Å²) in [7, 11) is 0. The molecule has 0 radical (unpaired) electrons. The minimum Gasteiger partial charge on any atom is -0.366 e. The molecule has 1 saturated heterocycles. The van der Waals surface area contributed by atoms with Gasteiger partial charge < -0.3 is 9.64 Å². The van der Waals surface area contributed by atoms with Crippen molar-refractivity contribution >= 4 is 17.2 Å². The van der Waals surface area contributed by atoms with Crippen molar-refractivity contribution in [1.82, 2.24) is 25.1 Å². The van der Waals surface area contributed by atoms with Crippen LogP contribution in [0.25, 0.3) is 0 Å². The average Bonchev–Trinajstić information content (AvgIpc) is 3.07. The monoisotopic (exact) mass is 293 g/mol. The lowest BCUT2D eigenvalue weighted by Gasteiger charge is -2.31. The van der Waals surface area contributed by atoms with Gasteiger partial charge in [-0.2, -0.15) is 5.10 Å². The minimum atomic E-state index is -0.272. The first kappa shape index (κ1) is 13.2. The van der Waals surface area contributed by atoms with E-state index in [1.165, 1.54) is 11.3 Å². The summed E-state index contributed by atoms with van der Waals surface area (Å²) in [6, 6.07) is 0. The maximum Gasteiger partial charge on any atom is 0.266 e. The molecule has 1 atom stereocenters. The molecule has 2 aromatic rings. The lowest BCUT2D eigenvalue weighted by molar-refractivity contribution is -0.0265. The lowest BCUT2D eigenvalue weighted by Crippen LogP contribution is -2.42. The van der Waals surface area contributed by atoms with Gasteiger partial charge in [-0.1, -0.05) is 0 Å². The third-order valence-corrected chi connectivity index (χ3v) is 4.11. The van der Waals surface area contributed by atoms with Crippen LogP contribution in [0.15, 0.2) is 5.51 Å². The van der Waals surface area contributed by atoms with Crippen LogP contribution in [0, 0.1) is 13.8 Å². The van der Waals surface area contributed by atoms with Crippen molar-refractivity contribution in [3.05, 3.63) is 27.7 Å². The Hall–Kier alpha value is -1.80. The van der Waals surface area contributed by atoms with E-state index in [9.17, 15) is 4.79 Å². The first-order chi connectivity index (χ1) is 9.65. The number of nitrogens with one attached hydrogen (secondary N) is 1. The Labute approximate surface area is 120 Å². The quantitative estimate of drug-likeness (QED) is 0.896. The van der Waals surface area contributed by atoms with Crippen LogP contribution >= 0.6 is 11.3 Å². The third-order valence-electron chi connectivity index (χ3n) is 3.20. The summed E-state index contributed by atoms with van der Waals surface area (Å²) in [5, 5.41) is 6.90. The van der Waals surface area contributed by atoms with Crippen molar-refractivity contribution in [3.8, 4) is 0 Å². The molecule has 1 aliphatic heterocycles. The van der Waals surface area contributed by atoms with Crippen molar-refractivity contribution < 1.29 is 9.53 Å². The molecular weight excluding hydrogens is 278 g/mol. The van der Waals surface area contributed by atoms with E-state index >= 15 is 0 Å². The van der Waals surface area contributed by atoms with Crippen LogP contribution in [0.2, 0.25) is 0 Å². The summed E-state index contributed by atoms with van der Waals surface area (Å²) in [4.78, 5) is 23.3. The number of thiazole rings is 1. The van der Waals surface area contributed by atoms with Crippen LogP contribution in [0.5, 0.6) is 0 Å². The normalized spacial score (nSPS) is 19.3. The fourth-order valence-corrected chi connectivity index (χ4v) is 2.91. The first-order valence-corrected chi connectivity index (χ1v) is 7.23. The minimum absolute atomic E-state index is 0.00515. The van der Waals surface area contributed by atoms with Gasteiger partial charge in [-0.15, -0.1) is 11.3 Å². The highest BCUT2D eigenvalue weighted by atomic mass is 32.1. The van der Waals surface area contributed by atoms with Gasteiger partial charge in [0.1, 0.15) is 16.8 Å². The number of carbonyl (C=O) groups excluding carboxylic acids is 1. The Bertz CT molecular complexity index is 623. The van der Waals surface area contributed by atoms with Crippen LogP contribution in [0.4, 0.5) is 0 Å². The van der Waals surface area contributed by atoms with Gasteiger partial charge in [0.2, 0.25) is 0 Å². The summed E-state index contributed by atoms with van der Waals surface area (Å²) in [5.41, 5.74) is 2.47. The second-order valence-corrected chi connectivity index (χ2v) is 5.51. The molecule has 1 N–H and O–H groups in total. The first-order valence-electron chi connectivity index (χ1n) is 6.35. The van der Waals surface area contributed by atoms with E-state index in [-0.39, 0.29) is 12.0 Å². The second kappa shape index (κ2) is 5.29. The van der Waals surface area contributed by atoms with E-state index in [2.05, 4.69) is 20.2 Å². The average molecular weight is 293 g/mol. The van der Waals surface area contributed by atoms with Gasteiger partial charge >= 0.3 is 0 Å². The van der Waals surface area contributed by atoms with E-state index in [0.717, 1.165) is 11.5 Å². The predicted octanol–water partition coefficient (Wildman–Crippen LogP) is 1.09. The van der Waals surface area contributed by atoms with Crippen molar-refractivity contribution in [2.75, 3.05) is 19.7 Å². The fraction of sp³-hybridized carbons (Fsp3) is 0.500. The van der Waals surface area contributed by atoms with Crippen LogP contribution < -0.4 is 0 Å². The molecule has 2 aromatic heterocycles. The standard InChI is InChI=1S/C12H15N5O2S/c1-7-10(20-6-13-7)12(18)17-3-4-19-9(5-17)11-14-8(2)15-16-11/h6,9H,3-5H2,1-2H3,(H,14,15,16)/t9-/m1/s1. The molecule has 0 unspecified atom stereocenters. The molecule has 8 heteroatoms. The lowest BCUT2D eigenvalue weighted by atomic mass is 10.2. The number of hydrogen-bond acceptors (Lipinski definition) is 6. The topological polar surface area (TPSA) is 84.0 Å². The number of carbonyl (C=O) groups is 1. The number of aromatic amines is 1. The molecule has 106 valence electrons. The van der Waals surface area contributed by atoms with Gasteiger partial charge in [-0.3, -0.25) is 9.89 Å². The summed E-state index contributed by atoms with van der Waals surface area (Å²) in [6.45, 7) is 5.22. The van der Waals surface area contributed by atoms with Crippen LogP contribution in [0.3, 0.4) is 0 Å². The summed E-state index contributed by atoms with van der Waals surface area (Å²) >= 11 is 1.37. The highest BCUT2D eigenvalue weighted by Crippen LogP contribution is 2.22. The smallest absolute Gasteiger partial charge is 0.266 e. The number of morpholine rings is 1. The molecule has 1 aliphatic rings. The zero-order valence-electron chi connectivity index (χ0n) is 11.3. The summed E-state index contributed by atoms with van der Waals surface area (Å²) in [5.74, 6) is 1.34. The molecule has 3 rings (SSSR count). The number of H-pyrrole nitrogens is 1. The number of nitrogens with zero attached hydrogens (tertiary/aromatic N) is 4. The number of aryl methyl sites for hydroxylation is 2. The Morgan fingerprint density at radius 3 is 3.05 bits per heavy atom. The zero-order chi connectivity index (χ0) is 14.1. The molecule has 0 aromatic carbocycles. The molecule has 0 spiro atoms. The molecule has 0 bridgehead atoms. The molecule has 1 amide bonds. The zero-order valence-corrected chi connectivity index (χ0v) is 12.1. The molecule has 0 saturated carbocycles. The highest BCUT2D eigenvalue weighted by Gasteiger charge is 2.29. The van der Waals surface area contributed by atoms with Gasteiger partial charge in [0, 0.05) is 6.54 Å². The Morgan fingerprint density at radius 2 is 2.40 bits per heavy atom. The van der Waals surface area contributed by atoms with Crippen molar-refractivity contribution in [2.24, 2.45) is 0 Å². The number of aromatic nitrogens is 4. The molecule has 0 aliphatic carbocycles. The summed E-state index contributed by atoms with van der Waals surface area (Å²) < 4.78 is 5.65. The van der Waals surface area contributed by atoms with Crippen LogP contribution in [0.1, 0.15) is 33.1 Å². The SMILES string of the molecule is Cc1nc([C@H]2CN(C(=O)c3scnc3C)CCO2)n[nH]1. The summed E-state index contributed by atoms with van der Waals surface area (Å²) in [6.07, 6.45) is -0.272. The number of amides is 1. The van der Waals surface area contributed by atoms with Crippen molar-refractivity contribution in [2.45, 2.75) is 20.0 Å². The molecule has 20 heavy (non-hydrogen) atoms. The predicted molar refractivity (Wildman–Crippen MR) is 72.6 cm³/mol. The van der Waals surface area contributed by atoms with Crippen molar-refractivity contribution in [3.63, 3.8) is 0 Å². The van der Waals surface area contributed by atoms with E-state index in [1.54, 1.807) is 10.4 Å². The molecular formula is C12H15N5O2S. The van der Waals surface area contributed by atoms with E-state index in [4.69, 9.17) is 4.74 Å². The van der Waals surface area contributed by atoms with Gasteiger partial charge in [-0.05, 0) is 13.8 Å². The van der Waals surface area contributed by atoms with Gasteiger partial charge in [0.25, 0.3) is 5.91 Å².